The summed E-state index contributed by atoms with van der Waals surface area (Å²) >= 11 is 0. The third-order valence-corrected chi connectivity index (χ3v) is 2.25. The number of hydrogen-bond acceptors (Lipinski definition) is 3. The van der Waals surface area contributed by atoms with Gasteiger partial charge in [0.15, 0.2) is 0 Å². The van der Waals surface area contributed by atoms with E-state index >= 15 is 0 Å². The number of anilines is 1. The molecule has 7 heteroatoms. The smallest absolute Gasteiger partial charge is 0.257 e. The number of carbonyl (C=O) groups is 1. The van der Waals surface area contributed by atoms with Crippen LogP contribution in [0, 0.1) is 5.92 Å². The van der Waals surface area contributed by atoms with Crippen molar-refractivity contribution >= 4 is 11.6 Å². The largest absolute Gasteiger partial charge is 0.322 e. The van der Waals surface area contributed by atoms with E-state index < -0.39 is 19.0 Å². The van der Waals surface area contributed by atoms with Crippen molar-refractivity contribution in [2.24, 2.45) is 11.7 Å². The van der Waals surface area contributed by atoms with Crippen LogP contribution in [-0.2, 0) is 11.3 Å². The molecule has 0 aliphatic carbocycles. The Morgan fingerprint density at radius 1 is 1.59 bits per heavy atom. The van der Waals surface area contributed by atoms with Crippen molar-refractivity contribution in [3.05, 3.63) is 12.4 Å². The van der Waals surface area contributed by atoms with Crippen LogP contribution in [0.25, 0.3) is 0 Å². The van der Waals surface area contributed by atoms with Crippen LogP contribution < -0.4 is 11.1 Å². The molecule has 0 saturated carbocycles. The van der Waals surface area contributed by atoms with Gasteiger partial charge in [-0.3, -0.25) is 9.48 Å². The Morgan fingerprint density at radius 3 is 2.76 bits per heavy atom. The van der Waals surface area contributed by atoms with Gasteiger partial charge in [0.25, 0.3) is 6.43 Å². The number of alkyl halides is 2. The van der Waals surface area contributed by atoms with E-state index in [1.165, 1.54) is 12.4 Å². The molecule has 0 radical (unpaired) electrons. The fourth-order valence-electron chi connectivity index (χ4n) is 1.20. The third-order valence-electron chi connectivity index (χ3n) is 2.25. The first-order chi connectivity index (χ1) is 7.90. The average Bonchev–Trinajstić information content (AvgIpc) is 2.63. The van der Waals surface area contributed by atoms with Crippen molar-refractivity contribution in [1.29, 1.82) is 0 Å². The first kappa shape index (κ1) is 13.6. The number of carbonyl (C=O) groups excluding carboxylic acids is 1. The summed E-state index contributed by atoms with van der Waals surface area (Å²) in [6.45, 7) is 3.15. The van der Waals surface area contributed by atoms with Gasteiger partial charge in [-0.2, -0.15) is 5.10 Å². The predicted octanol–water partition coefficient (Wildman–Crippen LogP) is 1.07. The summed E-state index contributed by atoms with van der Waals surface area (Å²) in [4.78, 5) is 11.6. The van der Waals surface area contributed by atoms with Crippen LogP contribution in [0.15, 0.2) is 12.4 Å². The molecule has 0 bridgehead atoms. The molecule has 1 rings (SSSR count). The second kappa shape index (κ2) is 5.72. The van der Waals surface area contributed by atoms with Gasteiger partial charge in [-0.15, -0.1) is 0 Å². The summed E-state index contributed by atoms with van der Waals surface area (Å²) in [5.41, 5.74) is 6.00. The lowest BCUT2D eigenvalue weighted by atomic mass is 10.1. The monoisotopic (exact) mass is 246 g/mol. The van der Waals surface area contributed by atoms with Gasteiger partial charge in [0.2, 0.25) is 5.91 Å². The molecule has 1 aromatic heterocycles. The van der Waals surface area contributed by atoms with Gasteiger partial charge in [0, 0.05) is 6.20 Å². The zero-order valence-electron chi connectivity index (χ0n) is 9.73. The number of hydrogen-bond donors (Lipinski definition) is 2. The molecule has 0 unspecified atom stereocenters. The number of nitrogens with two attached hydrogens (primary N) is 1. The van der Waals surface area contributed by atoms with Crippen molar-refractivity contribution in [2.45, 2.75) is 32.9 Å². The Balaban J connectivity index is 2.57. The second-order valence-electron chi connectivity index (χ2n) is 4.10. The zero-order valence-corrected chi connectivity index (χ0v) is 9.73. The summed E-state index contributed by atoms with van der Waals surface area (Å²) < 4.78 is 25.2. The Bertz CT molecular complexity index is 378. The summed E-state index contributed by atoms with van der Waals surface area (Å²) in [6.07, 6.45) is 0.182. The zero-order chi connectivity index (χ0) is 13.0. The van der Waals surface area contributed by atoms with Gasteiger partial charge >= 0.3 is 0 Å². The summed E-state index contributed by atoms with van der Waals surface area (Å²) in [6, 6.07) is -0.631. The minimum Gasteiger partial charge on any atom is -0.322 e. The van der Waals surface area contributed by atoms with E-state index in [1.54, 1.807) is 0 Å². The minimum atomic E-state index is -2.48. The molecule has 1 atom stereocenters. The number of nitrogens with one attached hydrogen (secondary N) is 1. The predicted molar refractivity (Wildman–Crippen MR) is 59.7 cm³/mol. The Hall–Kier alpha value is -1.50. The fourth-order valence-corrected chi connectivity index (χ4v) is 1.20. The molecule has 3 N–H and O–H groups in total. The van der Waals surface area contributed by atoms with Crippen LogP contribution in [0.2, 0.25) is 0 Å². The van der Waals surface area contributed by atoms with Crippen LogP contribution in [0.1, 0.15) is 13.8 Å². The SMILES string of the molecule is CC(C)[C@H](N)C(=O)Nc1cnn(CC(F)F)c1. The molecule has 0 aliphatic heterocycles. The Labute approximate surface area is 98.0 Å². The molecular weight excluding hydrogens is 230 g/mol. The first-order valence-electron chi connectivity index (χ1n) is 5.27. The van der Waals surface area contributed by atoms with E-state index in [2.05, 4.69) is 10.4 Å². The van der Waals surface area contributed by atoms with E-state index in [9.17, 15) is 13.6 Å². The molecule has 96 valence electrons. The molecule has 0 fully saturated rings. The highest BCUT2D eigenvalue weighted by Crippen LogP contribution is 2.08. The van der Waals surface area contributed by atoms with Crippen LogP contribution in [0.3, 0.4) is 0 Å². The highest BCUT2D eigenvalue weighted by molar-refractivity contribution is 5.94. The highest BCUT2D eigenvalue weighted by atomic mass is 19.3. The molecule has 1 heterocycles. The van der Waals surface area contributed by atoms with Crippen LogP contribution >= 0.6 is 0 Å². The van der Waals surface area contributed by atoms with Crippen molar-refractivity contribution in [3.8, 4) is 0 Å². The van der Waals surface area contributed by atoms with Crippen molar-refractivity contribution in [2.75, 3.05) is 5.32 Å². The van der Waals surface area contributed by atoms with Crippen molar-refractivity contribution in [1.82, 2.24) is 9.78 Å². The highest BCUT2D eigenvalue weighted by Gasteiger charge is 2.17. The lowest BCUT2D eigenvalue weighted by molar-refractivity contribution is -0.118. The summed E-state index contributed by atoms with van der Waals surface area (Å²) in [5, 5.41) is 6.22. The number of amides is 1. The minimum absolute atomic E-state index is 0.00566. The van der Waals surface area contributed by atoms with E-state index in [4.69, 9.17) is 5.73 Å². The van der Waals surface area contributed by atoms with Crippen molar-refractivity contribution < 1.29 is 13.6 Å². The molecule has 1 amide bonds. The molecule has 0 spiro atoms. The van der Waals surface area contributed by atoms with Crippen LogP contribution in [-0.4, -0.2) is 28.2 Å². The maximum absolute atomic E-state index is 12.1. The standard InChI is InChI=1S/C10H16F2N4O/c1-6(2)9(13)10(17)15-7-3-14-16(4-7)5-8(11)12/h3-4,6,8-9H,5,13H2,1-2H3,(H,15,17)/t9-/m0/s1. The van der Waals surface area contributed by atoms with E-state index in [0.29, 0.717) is 5.69 Å². The topological polar surface area (TPSA) is 72.9 Å². The molecule has 1 aromatic rings. The summed E-state index contributed by atoms with van der Waals surface area (Å²) in [7, 11) is 0. The van der Waals surface area contributed by atoms with Crippen molar-refractivity contribution in [3.63, 3.8) is 0 Å². The molecule has 17 heavy (non-hydrogen) atoms. The second-order valence-corrected chi connectivity index (χ2v) is 4.10. The van der Waals surface area contributed by atoms with Gasteiger partial charge in [-0.1, -0.05) is 13.8 Å². The van der Waals surface area contributed by atoms with Gasteiger partial charge in [-0.05, 0) is 5.92 Å². The van der Waals surface area contributed by atoms with Gasteiger partial charge < -0.3 is 11.1 Å². The Morgan fingerprint density at radius 2 is 2.24 bits per heavy atom. The average molecular weight is 246 g/mol. The van der Waals surface area contributed by atoms with Gasteiger partial charge in [-0.25, -0.2) is 8.78 Å². The first-order valence-corrected chi connectivity index (χ1v) is 5.27. The number of nitrogens with zero attached hydrogens (tertiary/aromatic N) is 2. The maximum atomic E-state index is 12.1. The van der Waals surface area contributed by atoms with E-state index in [-0.39, 0.29) is 11.8 Å². The molecule has 0 aliphatic rings. The van der Waals surface area contributed by atoms with E-state index in [1.807, 2.05) is 13.8 Å². The van der Waals surface area contributed by atoms with Crippen LogP contribution in [0.4, 0.5) is 14.5 Å². The maximum Gasteiger partial charge on any atom is 0.257 e. The molecule has 0 saturated heterocycles. The molecule has 5 nitrogen and oxygen atoms in total. The fraction of sp³-hybridized carbons (Fsp3) is 0.600. The lowest BCUT2D eigenvalue weighted by Gasteiger charge is -2.14. The van der Waals surface area contributed by atoms with Crippen LogP contribution in [0.5, 0.6) is 0 Å². The Kier molecular flexibility index (Phi) is 4.56. The number of aromatic nitrogens is 2. The molecular formula is C10H16F2N4O. The number of halogens is 2. The quantitative estimate of drug-likeness (QED) is 0.816. The molecule has 0 aromatic carbocycles. The third kappa shape index (κ3) is 4.10. The summed E-state index contributed by atoms with van der Waals surface area (Å²) in [5.74, 6) is -0.345. The van der Waals surface area contributed by atoms with Gasteiger partial charge in [0.05, 0.1) is 17.9 Å². The van der Waals surface area contributed by atoms with E-state index in [0.717, 1.165) is 4.68 Å². The normalized spacial score (nSPS) is 13.1. The number of rotatable bonds is 5. The lowest BCUT2D eigenvalue weighted by Crippen LogP contribution is -2.39. The van der Waals surface area contributed by atoms with Gasteiger partial charge in [0.1, 0.15) is 6.54 Å².